The lowest BCUT2D eigenvalue weighted by atomic mass is 10.3. The summed E-state index contributed by atoms with van der Waals surface area (Å²) < 4.78 is 7.34. The van der Waals surface area contributed by atoms with Gasteiger partial charge in [-0.25, -0.2) is 9.36 Å². The lowest BCUT2D eigenvalue weighted by Gasteiger charge is -2.25. The fourth-order valence-corrected chi connectivity index (χ4v) is 3.02. The Morgan fingerprint density at radius 3 is 2.62 bits per heavy atom. The second kappa shape index (κ2) is 8.60. The van der Waals surface area contributed by atoms with Crippen LogP contribution < -0.4 is 11.2 Å². The molecule has 26 heavy (non-hydrogen) atoms. The van der Waals surface area contributed by atoms with Crippen molar-refractivity contribution < 1.29 is 9.84 Å². The second-order valence-electron chi connectivity index (χ2n) is 5.80. The van der Waals surface area contributed by atoms with Gasteiger partial charge in [0.1, 0.15) is 5.56 Å². The molecular weight excluding hydrogens is 451 g/mol. The number of nitrogens with zero attached hydrogens (tertiary/aromatic N) is 3. The second-order valence-corrected chi connectivity index (χ2v) is 7.04. The molecule has 0 bridgehead atoms. The predicted molar refractivity (Wildman–Crippen MR) is 107 cm³/mol. The van der Waals surface area contributed by atoms with E-state index in [9.17, 15) is 14.7 Å². The quantitative estimate of drug-likeness (QED) is 0.493. The van der Waals surface area contributed by atoms with Crippen LogP contribution in [0.4, 0.5) is 0 Å². The zero-order chi connectivity index (χ0) is 18.5. The maximum atomic E-state index is 12.1. The zero-order valence-corrected chi connectivity index (χ0v) is 16.2. The highest BCUT2D eigenvalue weighted by Crippen LogP contribution is 2.16. The Labute approximate surface area is 163 Å². The van der Waals surface area contributed by atoms with Crippen molar-refractivity contribution in [3.63, 3.8) is 0 Å². The third kappa shape index (κ3) is 4.40. The van der Waals surface area contributed by atoms with Crippen LogP contribution >= 0.6 is 22.6 Å². The number of H-pyrrole nitrogens is 1. The van der Waals surface area contributed by atoms with Crippen LogP contribution in [0, 0.1) is 3.57 Å². The molecule has 8 nitrogen and oxygen atoms in total. The summed E-state index contributed by atoms with van der Waals surface area (Å²) in [6.07, 6.45) is 1.32. The van der Waals surface area contributed by atoms with Gasteiger partial charge in [0, 0.05) is 29.4 Å². The van der Waals surface area contributed by atoms with Crippen molar-refractivity contribution in [3.05, 3.63) is 54.2 Å². The fraction of sp³-hybridized carbons (Fsp3) is 0.353. The Hall–Kier alpha value is -1.98. The Morgan fingerprint density at radius 1 is 1.23 bits per heavy atom. The van der Waals surface area contributed by atoms with E-state index in [1.165, 1.54) is 6.21 Å². The van der Waals surface area contributed by atoms with E-state index < -0.39 is 17.1 Å². The SMILES string of the molecule is O=c1[nH]c(=O)n(-c2ccc(I)cc2)c(O)c1C=NCCN1CCOCC1. The molecular formula is C17H19IN4O4. The van der Waals surface area contributed by atoms with Crippen LogP contribution in [0.3, 0.4) is 0 Å². The van der Waals surface area contributed by atoms with Gasteiger partial charge in [-0.05, 0) is 46.9 Å². The lowest BCUT2D eigenvalue weighted by molar-refractivity contribution is 0.0395. The minimum Gasteiger partial charge on any atom is -0.493 e. The zero-order valence-electron chi connectivity index (χ0n) is 14.0. The highest BCUT2D eigenvalue weighted by atomic mass is 127. The van der Waals surface area contributed by atoms with Crippen molar-refractivity contribution in [2.24, 2.45) is 4.99 Å². The molecule has 138 valence electrons. The van der Waals surface area contributed by atoms with Gasteiger partial charge in [0.2, 0.25) is 5.88 Å². The fourth-order valence-electron chi connectivity index (χ4n) is 2.66. The predicted octanol–water partition coefficient (Wildman–Crippen LogP) is 0.587. The molecule has 1 aromatic carbocycles. The molecule has 1 aliphatic rings. The Bertz CT molecular complexity index is 898. The van der Waals surface area contributed by atoms with Crippen molar-refractivity contribution in [2.45, 2.75) is 0 Å². The van der Waals surface area contributed by atoms with Crippen LogP contribution in [-0.4, -0.2) is 65.2 Å². The molecule has 2 aromatic rings. The van der Waals surface area contributed by atoms with E-state index in [1.54, 1.807) is 12.1 Å². The van der Waals surface area contributed by atoms with E-state index >= 15 is 0 Å². The molecule has 2 N–H and O–H groups in total. The highest BCUT2D eigenvalue weighted by Gasteiger charge is 2.14. The Morgan fingerprint density at radius 2 is 1.92 bits per heavy atom. The summed E-state index contributed by atoms with van der Waals surface area (Å²) in [5.74, 6) is -0.421. The molecule has 1 fully saturated rings. The third-order valence-corrected chi connectivity index (χ3v) is 4.79. The molecule has 0 unspecified atom stereocenters. The van der Waals surface area contributed by atoms with Crippen LogP contribution in [0.15, 0.2) is 38.8 Å². The van der Waals surface area contributed by atoms with E-state index in [0.29, 0.717) is 25.4 Å². The maximum absolute atomic E-state index is 12.1. The number of aromatic amines is 1. The molecule has 0 spiro atoms. The van der Waals surface area contributed by atoms with Gasteiger partial charge in [-0.15, -0.1) is 0 Å². The number of aliphatic imine (C=N–C) groups is 1. The van der Waals surface area contributed by atoms with Crippen molar-refractivity contribution in [3.8, 4) is 11.6 Å². The smallest absolute Gasteiger partial charge is 0.335 e. The van der Waals surface area contributed by atoms with E-state index in [4.69, 9.17) is 4.74 Å². The molecule has 0 radical (unpaired) electrons. The number of aromatic hydroxyl groups is 1. The Kier molecular flexibility index (Phi) is 6.22. The standard InChI is InChI=1S/C17H19IN4O4/c18-12-1-3-13(4-2-12)22-16(24)14(15(23)20-17(22)25)11-19-5-6-21-7-9-26-10-8-21/h1-4,11,24H,5-10H2,(H,20,23,25). The maximum Gasteiger partial charge on any atom is 0.335 e. The molecule has 0 amide bonds. The minimum absolute atomic E-state index is 0.0369. The van der Waals surface area contributed by atoms with Crippen molar-refractivity contribution in [1.82, 2.24) is 14.5 Å². The summed E-state index contributed by atoms with van der Waals surface area (Å²) in [5, 5.41) is 10.4. The number of rotatable bonds is 5. The molecule has 9 heteroatoms. The summed E-state index contributed by atoms with van der Waals surface area (Å²) in [4.78, 5) is 32.8. The Balaban J connectivity index is 1.81. The average molecular weight is 470 g/mol. The van der Waals surface area contributed by atoms with Gasteiger partial charge in [-0.3, -0.25) is 19.7 Å². The first kappa shape index (κ1) is 18.8. The van der Waals surface area contributed by atoms with E-state index in [2.05, 4.69) is 37.5 Å². The molecule has 0 saturated carbocycles. The van der Waals surface area contributed by atoms with E-state index in [1.807, 2.05) is 12.1 Å². The number of aromatic nitrogens is 2. The van der Waals surface area contributed by atoms with Crippen LogP contribution in [0.5, 0.6) is 5.88 Å². The number of hydrogen-bond acceptors (Lipinski definition) is 6. The number of ether oxygens (including phenoxy) is 1. The van der Waals surface area contributed by atoms with Crippen LogP contribution in [0.2, 0.25) is 0 Å². The van der Waals surface area contributed by atoms with Gasteiger partial charge in [0.25, 0.3) is 5.56 Å². The topological polar surface area (TPSA) is 99.9 Å². The first-order valence-electron chi connectivity index (χ1n) is 8.20. The monoisotopic (exact) mass is 470 g/mol. The van der Waals surface area contributed by atoms with Crippen LogP contribution in [-0.2, 0) is 4.74 Å². The van der Waals surface area contributed by atoms with E-state index in [-0.39, 0.29) is 5.56 Å². The normalized spacial score (nSPS) is 15.6. The van der Waals surface area contributed by atoms with Crippen molar-refractivity contribution in [1.29, 1.82) is 0 Å². The van der Waals surface area contributed by atoms with Gasteiger partial charge in [0.05, 0.1) is 25.4 Å². The van der Waals surface area contributed by atoms with E-state index in [0.717, 1.165) is 27.8 Å². The van der Waals surface area contributed by atoms with Gasteiger partial charge in [-0.2, -0.15) is 0 Å². The number of hydrogen-bond donors (Lipinski definition) is 2. The van der Waals surface area contributed by atoms with Gasteiger partial charge in [0.15, 0.2) is 0 Å². The van der Waals surface area contributed by atoms with Gasteiger partial charge >= 0.3 is 5.69 Å². The summed E-state index contributed by atoms with van der Waals surface area (Å²) in [5.41, 5.74) is -0.930. The third-order valence-electron chi connectivity index (χ3n) is 4.08. The first-order chi connectivity index (χ1) is 12.6. The molecule has 1 aliphatic heterocycles. The minimum atomic E-state index is -0.695. The summed E-state index contributed by atoms with van der Waals surface area (Å²) >= 11 is 2.15. The highest BCUT2D eigenvalue weighted by molar-refractivity contribution is 14.1. The number of morpholine rings is 1. The lowest BCUT2D eigenvalue weighted by Crippen LogP contribution is -2.37. The number of benzene rings is 1. The summed E-state index contributed by atoms with van der Waals surface area (Å²) in [6.45, 7) is 4.38. The van der Waals surface area contributed by atoms with Crippen LogP contribution in [0.1, 0.15) is 5.56 Å². The summed E-state index contributed by atoms with van der Waals surface area (Å²) in [7, 11) is 0. The van der Waals surface area contributed by atoms with Gasteiger partial charge in [-0.1, -0.05) is 0 Å². The average Bonchev–Trinajstić information content (AvgIpc) is 2.63. The molecule has 2 heterocycles. The summed E-state index contributed by atoms with van der Waals surface area (Å²) in [6, 6.07) is 7.01. The molecule has 1 aromatic heterocycles. The van der Waals surface area contributed by atoms with Crippen molar-refractivity contribution in [2.75, 3.05) is 39.4 Å². The van der Waals surface area contributed by atoms with Crippen LogP contribution in [0.25, 0.3) is 5.69 Å². The largest absolute Gasteiger partial charge is 0.493 e. The number of halogens is 1. The molecule has 0 atom stereocenters. The molecule has 0 aliphatic carbocycles. The molecule has 1 saturated heterocycles. The molecule has 3 rings (SSSR count). The number of nitrogens with one attached hydrogen (secondary N) is 1. The first-order valence-corrected chi connectivity index (χ1v) is 9.28. The van der Waals surface area contributed by atoms with Gasteiger partial charge < -0.3 is 9.84 Å². The van der Waals surface area contributed by atoms with Crippen molar-refractivity contribution >= 4 is 28.8 Å².